The quantitative estimate of drug-likeness (QED) is 0.786. The molecule has 0 aliphatic carbocycles. The topological polar surface area (TPSA) is 88.2 Å². The van der Waals surface area contributed by atoms with Crippen LogP contribution in [-0.4, -0.2) is 57.6 Å². The lowest BCUT2D eigenvalue weighted by Crippen LogP contribution is -2.39. The van der Waals surface area contributed by atoms with Crippen LogP contribution in [-0.2, 0) is 14.3 Å². The highest BCUT2D eigenvalue weighted by molar-refractivity contribution is 5.84. The Labute approximate surface area is 164 Å². The molecule has 3 heterocycles. The number of halogens is 3. The smallest absolute Gasteiger partial charge is 0.449 e. The average Bonchev–Trinajstić information content (AvgIpc) is 3.04. The molecular formula is C19H19F3N4O3. The number of ether oxygens (including phenoxy) is 1. The summed E-state index contributed by atoms with van der Waals surface area (Å²) < 4.78 is 40.7. The molecule has 0 fully saturated rings. The minimum Gasteiger partial charge on any atom is -0.449 e. The normalized spacial score (nSPS) is 14.5. The number of hydrogen-bond donors (Lipinski definition) is 1. The van der Waals surface area contributed by atoms with E-state index in [0.717, 1.165) is 22.5 Å². The molecule has 3 rings (SSSR count). The van der Waals surface area contributed by atoms with Gasteiger partial charge < -0.3 is 14.6 Å². The van der Waals surface area contributed by atoms with Crippen molar-refractivity contribution in [3.8, 4) is 11.5 Å². The maximum absolute atomic E-state index is 12.2. The van der Waals surface area contributed by atoms with Crippen LogP contribution in [0.25, 0.3) is 17.1 Å². The number of nitrogens with one attached hydrogen (secondary N) is 1. The number of carbonyl (C=O) groups is 2. The van der Waals surface area contributed by atoms with E-state index in [1.807, 2.05) is 26.0 Å². The molecule has 7 nitrogen and oxygen atoms in total. The molecule has 0 atom stereocenters. The van der Waals surface area contributed by atoms with Crippen molar-refractivity contribution in [3.63, 3.8) is 0 Å². The van der Waals surface area contributed by atoms with Crippen LogP contribution in [0.15, 0.2) is 24.4 Å². The van der Waals surface area contributed by atoms with Crippen LogP contribution in [0.3, 0.4) is 0 Å². The lowest BCUT2D eigenvalue weighted by atomic mass is 10.0. The number of carbonyl (C=O) groups excluding carboxylic acids is 2. The highest BCUT2D eigenvalue weighted by Gasteiger charge is 2.41. The summed E-state index contributed by atoms with van der Waals surface area (Å²) in [5.41, 5.74) is 4.10. The first kappa shape index (κ1) is 20.6. The van der Waals surface area contributed by atoms with Gasteiger partial charge in [-0.2, -0.15) is 13.2 Å². The molecule has 2 aromatic rings. The Morgan fingerprint density at radius 1 is 1.31 bits per heavy atom. The van der Waals surface area contributed by atoms with Crippen molar-refractivity contribution >= 4 is 17.4 Å². The summed E-state index contributed by atoms with van der Waals surface area (Å²) in [6.07, 6.45) is -0.998. The van der Waals surface area contributed by atoms with Crippen molar-refractivity contribution in [1.82, 2.24) is 19.9 Å². The standard InChI is InChI=1S/C19H19F3N4O3/c1-11-12(2)25-17(24-11)15-8-13(5-6-23-15)14-4-3-7-26(9-14)16(27)10-29-18(28)19(20,21)22/h4-6,8H,3,7,9-10H2,1-2H3,(H,24,25). The fourth-order valence-electron chi connectivity index (χ4n) is 2.89. The Bertz CT molecular complexity index is 946. The zero-order chi connectivity index (χ0) is 21.2. The van der Waals surface area contributed by atoms with Crippen molar-refractivity contribution in [2.75, 3.05) is 19.7 Å². The number of rotatable bonds is 4. The van der Waals surface area contributed by atoms with Crippen LogP contribution >= 0.6 is 0 Å². The summed E-state index contributed by atoms with van der Waals surface area (Å²) in [6.45, 7) is 3.38. The minimum absolute atomic E-state index is 0.196. The van der Waals surface area contributed by atoms with Crippen LogP contribution < -0.4 is 0 Å². The average molecular weight is 408 g/mol. The maximum Gasteiger partial charge on any atom is 0.490 e. The third-order valence-corrected chi connectivity index (χ3v) is 4.56. The van der Waals surface area contributed by atoms with E-state index in [-0.39, 0.29) is 6.54 Å². The second-order valence-corrected chi connectivity index (χ2v) is 6.63. The highest BCUT2D eigenvalue weighted by Crippen LogP contribution is 2.24. The van der Waals surface area contributed by atoms with Gasteiger partial charge in [-0.1, -0.05) is 6.08 Å². The second-order valence-electron chi connectivity index (χ2n) is 6.63. The van der Waals surface area contributed by atoms with E-state index >= 15 is 0 Å². The zero-order valence-electron chi connectivity index (χ0n) is 15.8. The van der Waals surface area contributed by atoms with Crippen molar-refractivity contribution < 1.29 is 27.5 Å². The fourth-order valence-corrected chi connectivity index (χ4v) is 2.89. The van der Waals surface area contributed by atoms with Crippen molar-refractivity contribution in [2.24, 2.45) is 0 Å². The van der Waals surface area contributed by atoms with Crippen molar-refractivity contribution in [2.45, 2.75) is 26.4 Å². The largest absolute Gasteiger partial charge is 0.490 e. The Balaban J connectivity index is 1.69. The number of esters is 1. The third-order valence-electron chi connectivity index (χ3n) is 4.56. The molecule has 1 aliphatic rings. The fraction of sp³-hybridized carbons (Fsp3) is 0.368. The monoisotopic (exact) mass is 408 g/mol. The summed E-state index contributed by atoms with van der Waals surface area (Å²) in [5.74, 6) is -2.42. The van der Waals surface area contributed by atoms with Crippen LogP contribution in [0.2, 0.25) is 0 Å². The van der Waals surface area contributed by atoms with E-state index in [1.54, 1.807) is 12.3 Å². The lowest BCUT2D eigenvalue weighted by Gasteiger charge is -2.27. The Morgan fingerprint density at radius 3 is 2.72 bits per heavy atom. The Morgan fingerprint density at radius 2 is 2.07 bits per heavy atom. The van der Waals surface area contributed by atoms with Gasteiger partial charge in [0.1, 0.15) is 5.69 Å². The number of hydrogen-bond acceptors (Lipinski definition) is 5. The van der Waals surface area contributed by atoms with Crippen LogP contribution in [0.1, 0.15) is 23.4 Å². The summed E-state index contributed by atoms with van der Waals surface area (Å²) in [7, 11) is 0. The maximum atomic E-state index is 12.2. The molecule has 0 spiro atoms. The van der Waals surface area contributed by atoms with Crippen molar-refractivity contribution in [3.05, 3.63) is 41.4 Å². The van der Waals surface area contributed by atoms with Crippen LogP contribution in [0.5, 0.6) is 0 Å². The minimum atomic E-state index is -5.12. The number of amides is 1. The van der Waals surface area contributed by atoms with E-state index in [4.69, 9.17) is 0 Å². The van der Waals surface area contributed by atoms with Crippen LogP contribution in [0.4, 0.5) is 13.2 Å². The molecule has 0 unspecified atom stereocenters. The summed E-state index contributed by atoms with van der Waals surface area (Å²) >= 11 is 0. The molecule has 10 heteroatoms. The number of nitrogens with zero attached hydrogens (tertiary/aromatic N) is 3. The van der Waals surface area contributed by atoms with Gasteiger partial charge in [0.25, 0.3) is 5.91 Å². The molecule has 0 aromatic carbocycles. The van der Waals surface area contributed by atoms with Crippen LogP contribution in [0, 0.1) is 13.8 Å². The molecule has 0 saturated carbocycles. The first-order valence-electron chi connectivity index (χ1n) is 8.86. The van der Waals surface area contributed by atoms with Gasteiger partial charge in [-0.3, -0.25) is 9.78 Å². The Kier molecular flexibility index (Phi) is 5.71. The predicted octanol–water partition coefficient (Wildman–Crippen LogP) is 2.81. The number of alkyl halides is 3. The molecule has 1 amide bonds. The van der Waals surface area contributed by atoms with Gasteiger partial charge in [0.05, 0.1) is 5.69 Å². The molecule has 1 N–H and O–H groups in total. The summed E-state index contributed by atoms with van der Waals surface area (Å²) in [5, 5.41) is 0. The third kappa shape index (κ3) is 4.82. The number of imidazole rings is 1. The van der Waals surface area contributed by atoms with Crippen molar-refractivity contribution in [1.29, 1.82) is 0 Å². The van der Waals surface area contributed by atoms with Gasteiger partial charge in [0.2, 0.25) is 0 Å². The molecule has 2 aromatic heterocycles. The number of H-pyrrole nitrogens is 1. The lowest BCUT2D eigenvalue weighted by molar-refractivity contribution is -0.200. The molecule has 29 heavy (non-hydrogen) atoms. The molecule has 0 radical (unpaired) electrons. The van der Waals surface area contributed by atoms with Gasteiger partial charge in [0, 0.05) is 25.0 Å². The Hall–Kier alpha value is -3.17. The first-order chi connectivity index (χ1) is 13.6. The number of aryl methyl sites for hydroxylation is 2. The number of pyridine rings is 1. The van der Waals surface area contributed by atoms with Gasteiger partial charge in [-0.25, -0.2) is 9.78 Å². The first-order valence-corrected chi connectivity index (χ1v) is 8.86. The summed E-state index contributed by atoms with van der Waals surface area (Å²) in [6, 6.07) is 3.62. The van der Waals surface area contributed by atoms with Gasteiger partial charge in [-0.05, 0) is 43.5 Å². The predicted molar refractivity (Wildman–Crippen MR) is 97.5 cm³/mol. The summed E-state index contributed by atoms with van der Waals surface area (Å²) in [4.78, 5) is 36.2. The zero-order valence-corrected chi connectivity index (χ0v) is 15.8. The second kappa shape index (κ2) is 8.06. The van der Waals surface area contributed by atoms with Gasteiger partial charge in [0.15, 0.2) is 12.4 Å². The molecule has 0 saturated heterocycles. The highest BCUT2D eigenvalue weighted by atomic mass is 19.4. The van der Waals surface area contributed by atoms with Gasteiger partial charge >= 0.3 is 12.1 Å². The SMILES string of the molecule is Cc1nc(-c2cc(C3=CCCN(C(=O)COC(=O)C(F)(F)F)C3)ccn2)[nH]c1C. The van der Waals surface area contributed by atoms with E-state index in [1.165, 1.54) is 4.90 Å². The van der Waals surface area contributed by atoms with E-state index in [0.29, 0.717) is 24.5 Å². The van der Waals surface area contributed by atoms with E-state index in [9.17, 15) is 22.8 Å². The molecular weight excluding hydrogens is 389 g/mol. The number of aromatic amines is 1. The van der Waals surface area contributed by atoms with Gasteiger partial charge in [-0.15, -0.1) is 0 Å². The molecule has 154 valence electrons. The van der Waals surface area contributed by atoms with E-state index in [2.05, 4.69) is 19.7 Å². The molecule has 0 bridgehead atoms. The molecule has 1 aliphatic heterocycles. The number of aromatic nitrogens is 3. The van der Waals surface area contributed by atoms with E-state index < -0.39 is 24.7 Å².